The van der Waals surface area contributed by atoms with Crippen molar-refractivity contribution in [1.82, 2.24) is 19.6 Å². The van der Waals surface area contributed by atoms with Crippen LogP contribution in [0.3, 0.4) is 0 Å². The molecular weight excluding hydrogens is 474 g/mol. The van der Waals surface area contributed by atoms with E-state index in [4.69, 9.17) is 20.3 Å². The van der Waals surface area contributed by atoms with Crippen LogP contribution in [0.2, 0.25) is 0 Å². The van der Waals surface area contributed by atoms with E-state index in [2.05, 4.69) is 0 Å². The molecule has 0 aliphatic carbocycles. The molecule has 2 saturated heterocycles. The van der Waals surface area contributed by atoms with Gasteiger partial charge >= 0.3 is 12.1 Å². The number of carbonyl (C=O) groups is 3. The number of esters is 1. The molecule has 0 bridgehead atoms. The number of anilines is 1. The number of nitrogens with zero attached hydrogens (tertiary/aromatic N) is 4. The molecule has 2 aromatic rings. The zero-order valence-electron chi connectivity index (χ0n) is 22.2. The van der Waals surface area contributed by atoms with Gasteiger partial charge in [0.15, 0.2) is 5.69 Å². The number of carbonyl (C=O) groups excluding carboxylic acids is 3. The second-order valence-electron chi connectivity index (χ2n) is 10.6. The van der Waals surface area contributed by atoms with Crippen LogP contribution in [-0.4, -0.2) is 75.9 Å². The van der Waals surface area contributed by atoms with Gasteiger partial charge in [-0.2, -0.15) is 5.10 Å². The normalized spacial score (nSPS) is 18.1. The van der Waals surface area contributed by atoms with Crippen molar-refractivity contribution in [3.8, 4) is 11.3 Å². The number of nitrogen functional groups attached to an aromatic ring is 1. The second-order valence-corrected chi connectivity index (χ2v) is 10.6. The van der Waals surface area contributed by atoms with E-state index in [-0.39, 0.29) is 29.9 Å². The SMILES string of the molecule is CCOC(=O)c1c(N)c(-c2ccc(C(=O)N3CCCC3)cc2)nn1[C@@H]1CCCN(C(=O)OC(C)(C)C)C1. The van der Waals surface area contributed by atoms with E-state index < -0.39 is 17.7 Å². The molecule has 2 aliphatic rings. The first-order valence-corrected chi connectivity index (χ1v) is 13.0. The van der Waals surface area contributed by atoms with Crippen molar-refractivity contribution >= 4 is 23.7 Å². The summed E-state index contributed by atoms with van der Waals surface area (Å²) < 4.78 is 12.5. The van der Waals surface area contributed by atoms with Crippen LogP contribution < -0.4 is 5.73 Å². The highest BCUT2D eigenvalue weighted by Gasteiger charge is 2.33. The quantitative estimate of drug-likeness (QED) is 0.600. The summed E-state index contributed by atoms with van der Waals surface area (Å²) in [5.74, 6) is -0.548. The lowest BCUT2D eigenvalue weighted by atomic mass is 10.1. The summed E-state index contributed by atoms with van der Waals surface area (Å²) in [6, 6.07) is 6.87. The summed E-state index contributed by atoms with van der Waals surface area (Å²) in [7, 11) is 0. The zero-order chi connectivity index (χ0) is 26.7. The van der Waals surface area contributed by atoms with E-state index in [9.17, 15) is 14.4 Å². The third kappa shape index (κ3) is 5.89. The van der Waals surface area contributed by atoms with Crippen molar-refractivity contribution in [2.24, 2.45) is 0 Å². The molecule has 1 atom stereocenters. The maximum absolute atomic E-state index is 12.9. The number of amides is 2. The number of hydrogen-bond acceptors (Lipinski definition) is 7. The number of likely N-dealkylation sites (tertiary alicyclic amines) is 2. The van der Waals surface area contributed by atoms with Crippen molar-refractivity contribution < 1.29 is 23.9 Å². The van der Waals surface area contributed by atoms with E-state index in [0.29, 0.717) is 29.9 Å². The summed E-state index contributed by atoms with van der Waals surface area (Å²) in [4.78, 5) is 41.9. The molecule has 0 unspecified atom stereocenters. The summed E-state index contributed by atoms with van der Waals surface area (Å²) in [6.45, 7) is 9.88. The first-order chi connectivity index (χ1) is 17.6. The van der Waals surface area contributed by atoms with Crippen LogP contribution >= 0.6 is 0 Å². The minimum absolute atomic E-state index is 0.0132. The molecule has 2 amide bonds. The molecular formula is C27H37N5O5. The zero-order valence-corrected chi connectivity index (χ0v) is 22.2. The Hall–Kier alpha value is -3.56. The Morgan fingerprint density at radius 1 is 1.03 bits per heavy atom. The fourth-order valence-electron chi connectivity index (χ4n) is 4.85. The predicted octanol–water partition coefficient (Wildman–Crippen LogP) is 4.12. The minimum Gasteiger partial charge on any atom is -0.461 e. The van der Waals surface area contributed by atoms with Gasteiger partial charge in [0.1, 0.15) is 11.3 Å². The van der Waals surface area contributed by atoms with Gasteiger partial charge in [-0.3, -0.25) is 9.48 Å². The Bertz CT molecular complexity index is 1150. The highest BCUT2D eigenvalue weighted by Crippen LogP contribution is 2.33. The van der Waals surface area contributed by atoms with Crippen LogP contribution in [0.25, 0.3) is 11.3 Å². The first kappa shape index (κ1) is 26.5. The maximum atomic E-state index is 12.9. The average molecular weight is 512 g/mol. The topological polar surface area (TPSA) is 120 Å². The van der Waals surface area contributed by atoms with Gasteiger partial charge in [-0.1, -0.05) is 12.1 Å². The minimum atomic E-state index is -0.605. The molecule has 0 saturated carbocycles. The third-order valence-corrected chi connectivity index (χ3v) is 6.61. The highest BCUT2D eigenvalue weighted by atomic mass is 16.6. The van der Waals surface area contributed by atoms with Gasteiger partial charge in [0.05, 0.1) is 18.3 Å². The lowest BCUT2D eigenvalue weighted by molar-refractivity contribution is 0.0165. The molecule has 0 spiro atoms. The summed E-state index contributed by atoms with van der Waals surface area (Å²) in [5, 5.41) is 4.74. The van der Waals surface area contributed by atoms with Crippen LogP contribution in [0, 0.1) is 0 Å². The Kier molecular flexibility index (Phi) is 7.75. The molecule has 200 valence electrons. The van der Waals surface area contributed by atoms with E-state index in [1.165, 1.54) is 0 Å². The van der Waals surface area contributed by atoms with Crippen molar-refractivity contribution in [3.63, 3.8) is 0 Å². The van der Waals surface area contributed by atoms with E-state index in [0.717, 1.165) is 38.8 Å². The lowest BCUT2D eigenvalue weighted by Gasteiger charge is -2.34. The number of nitrogens with two attached hydrogens (primary N) is 1. The predicted molar refractivity (Wildman–Crippen MR) is 139 cm³/mol. The molecule has 4 rings (SSSR count). The van der Waals surface area contributed by atoms with Crippen molar-refractivity contribution in [2.75, 3.05) is 38.5 Å². The number of ether oxygens (including phenoxy) is 2. The molecule has 1 aromatic heterocycles. The van der Waals surface area contributed by atoms with E-state index in [1.54, 1.807) is 40.8 Å². The van der Waals surface area contributed by atoms with Crippen molar-refractivity contribution in [1.29, 1.82) is 0 Å². The molecule has 0 radical (unpaired) electrons. The van der Waals surface area contributed by atoms with Gasteiger partial charge in [-0.05, 0) is 65.5 Å². The van der Waals surface area contributed by atoms with Crippen LogP contribution in [0.5, 0.6) is 0 Å². The average Bonchev–Trinajstić information content (AvgIpc) is 3.51. The Labute approximate surface area is 217 Å². The molecule has 10 nitrogen and oxygen atoms in total. The standard InChI is InChI=1S/C27H37N5O5/c1-5-36-25(34)23-21(28)22(18-10-12-19(13-11-18)24(33)30-14-6-7-15-30)29-32(23)20-9-8-16-31(17-20)26(35)37-27(2,3)4/h10-13,20H,5-9,14-17,28H2,1-4H3/t20-/m1/s1. The first-order valence-electron chi connectivity index (χ1n) is 13.0. The third-order valence-electron chi connectivity index (χ3n) is 6.61. The maximum Gasteiger partial charge on any atom is 0.410 e. The molecule has 2 N–H and O–H groups in total. The number of piperidine rings is 1. The van der Waals surface area contributed by atoms with Gasteiger partial charge < -0.3 is 25.0 Å². The summed E-state index contributed by atoms with van der Waals surface area (Å²) in [5.41, 5.74) is 8.01. The van der Waals surface area contributed by atoms with E-state index >= 15 is 0 Å². The fourth-order valence-corrected chi connectivity index (χ4v) is 4.85. The largest absolute Gasteiger partial charge is 0.461 e. The molecule has 3 heterocycles. The smallest absolute Gasteiger partial charge is 0.410 e. The van der Waals surface area contributed by atoms with Gasteiger partial charge in [0.25, 0.3) is 5.91 Å². The van der Waals surface area contributed by atoms with Gasteiger partial charge in [0, 0.05) is 37.3 Å². The van der Waals surface area contributed by atoms with Crippen molar-refractivity contribution in [3.05, 3.63) is 35.5 Å². The highest BCUT2D eigenvalue weighted by molar-refractivity contribution is 5.98. The van der Waals surface area contributed by atoms with Crippen LogP contribution in [-0.2, 0) is 9.47 Å². The van der Waals surface area contributed by atoms with Crippen LogP contribution in [0.4, 0.5) is 10.5 Å². The molecule has 10 heteroatoms. The Balaban J connectivity index is 1.63. The van der Waals surface area contributed by atoms with Crippen LogP contribution in [0.15, 0.2) is 24.3 Å². The van der Waals surface area contributed by atoms with Gasteiger partial charge in [-0.15, -0.1) is 0 Å². The summed E-state index contributed by atoms with van der Waals surface area (Å²) >= 11 is 0. The number of hydrogen-bond donors (Lipinski definition) is 1. The number of benzene rings is 1. The molecule has 2 aliphatic heterocycles. The Morgan fingerprint density at radius 2 is 1.68 bits per heavy atom. The van der Waals surface area contributed by atoms with Crippen LogP contribution in [0.1, 0.15) is 80.3 Å². The monoisotopic (exact) mass is 511 g/mol. The fraction of sp³-hybridized carbons (Fsp3) is 0.556. The Morgan fingerprint density at radius 3 is 2.30 bits per heavy atom. The molecule has 1 aromatic carbocycles. The summed E-state index contributed by atoms with van der Waals surface area (Å²) in [6.07, 6.45) is 3.11. The van der Waals surface area contributed by atoms with Gasteiger partial charge in [-0.25, -0.2) is 9.59 Å². The number of aromatic nitrogens is 2. The number of rotatable bonds is 5. The van der Waals surface area contributed by atoms with E-state index in [1.807, 2.05) is 25.7 Å². The second kappa shape index (κ2) is 10.8. The van der Waals surface area contributed by atoms with Crippen molar-refractivity contribution in [2.45, 2.75) is 65.0 Å². The molecule has 2 fully saturated rings. The molecule has 37 heavy (non-hydrogen) atoms. The van der Waals surface area contributed by atoms with Gasteiger partial charge in [0.2, 0.25) is 0 Å². The lowest BCUT2D eigenvalue weighted by Crippen LogP contribution is -2.44.